The van der Waals surface area contributed by atoms with Gasteiger partial charge in [-0.05, 0) is 234 Å². The van der Waals surface area contributed by atoms with Crippen LogP contribution in [0.1, 0.15) is 330 Å². The van der Waals surface area contributed by atoms with Crippen LogP contribution in [0.4, 0.5) is 30.6 Å². The van der Waals surface area contributed by atoms with E-state index in [4.69, 9.17) is 80.2 Å². The Morgan fingerprint density at radius 2 is 0.878 bits per heavy atom. The molecule has 37 heteroatoms. The number of primary amides is 3. The molecule has 5 aromatic heterocycles. The highest BCUT2D eigenvalue weighted by Gasteiger charge is 2.35. The van der Waals surface area contributed by atoms with Crippen molar-refractivity contribution in [1.29, 1.82) is 10.5 Å². The number of ether oxygens (including phenoxy) is 4. The quantitative estimate of drug-likeness (QED) is 0.0143. The molecule has 7 amide bonds. The van der Waals surface area contributed by atoms with E-state index in [1.165, 1.54) is 28.2 Å². The molecule has 0 bridgehead atoms. The van der Waals surface area contributed by atoms with Gasteiger partial charge in [-0.15, -0.1) is 22.7 Å². The van der Waals surface area contributed by atoms with E-state index in [2.05, 4.69) is 89.2 Å². The van der Waals surface area contributed by atoms with Crippen LogP contribution < -0.4 is 39.7 Å². The van der Waals surface area contributed by atoms with E-state index in [-0.39, 0.29) is 96.0 Å². The van der Waals surface area contributed by atoms with Crippen molar-refractivity contribution in [3.63, 3.8) is 0 Å². The fraction of sp³-hybridized carbons (Fsp3) is 0.649. The first kappa shape index (κ1) is 118. The van der Waals surface area contributed by atoms with Gasteiger partial charge in [0, 0.05) is 117 Å². The fourth-order valence-corrected chi connectivity index (χ4v) is 16.9. The maximum absolute atomic E-state index is 12.3. The number of piperidine rings is 5. The summed E-state index contributed by atoms with van der Waals surface area (Å²) in [4.78, 5) is 148. The van der Waals surface area contributed by atoms with Crippen molar-refractivity contribution < 1.29 is 76.8 Å². The number of aliphatic carboxylic acids is 1. The smallest absolute Gasteiger partial charge is 0.410 e. The summed E-state index contributed by atoms with van der Waals surface area (Å²) in [5.74, 6) is -1.09. The number of H-pyrrole nitrogens is 1. The lowest BCUT2D eigenvalue weighted by Gasteiger charge is -2.33. The molecule has 10 rings (SSSR count). The molecule has 15 N–H and O–H groups in total. The number of carbonyl (C=O) groups is 11. The molecular formula is C94H147BrN16O16S4. The summed E-state index contributed by atoms with van der Waals surface area (Å²) in [6, 6.07) is 10.4. The third kappa shape index (κ3) is 42.1. The van der Waals surface area contributed by atoms with Gasteiger partial charge in [-0.2, -0.15) is 10.5 Å². The van der Waals surface area contributed by atoms with Gasteiger partial charge in [-0.25, -0.2) is 29.1 Å². The Morgan fingerprint density at radius 3 is 1.17 bits per heavy atom. The van der Waals surface area contributed by atoms with Crippen molar-refractivity contribution in [3.05, 3.63) is 71.9 Å². The van der Waals surface area contributed by atoms with E-state index in [1.54, 1.807) is 32.6 Å². The summed E-state index contributed by atoms with van der Waals surface area (Å²) < 4.78 is 22.0. The number of nitrogens with one attached hydrogen (secondary N) is 2. The Morgan fingerprint density at radius 1 is 0.534 bits per heavy atom. The molecule has 0 spiro atoms. The minimum Gasteiger partial charge on any atom is -0.481 e. The average Bonchev–Trinajstić information content (AvgIpc) is 1.66. The number of nitrogens with zero attached hydrogens (tertiary/aromatic N) is 8. The molecule has 5 aliphatic heterocycles. The maximum Gasteiger partial charge on any atom is 0.410 e. The van der Waals surface area contributed by atoms with Gasteiger partial charge in [0.15, 0.2) is 0 Å². The number of rotatable bonds is 21. The van der Waals surface area contributed by atoms with E-state index in [0.717, 1.165) is 158 Å². The highest BCUT2D eigenvalue weighted by molar-refractivity contribution is 9.09. The summed E-state index contributed by atoms with van der Waals surface area (Å²) in [5.41, 5.74) is 38.9. The largest absolute Gasteiger partial charge is 0.481 e. The highest BCUT2D eigenvalue weighted by Crippen LogP contribution is 2.41. The Bertz CT molecular complexity index is 4760. The van der Waals surface area contributed by atoms with E-state index in [9.17, 15) is 58.0 Å². The first-order valence-corrected chi connectivity index (χ1v) is 48.4. The lowest BCUT2D eigenvalue weighted by atomic mass is 9.90. The highest BCUT2D eigenvalue weighted by atomic mass is 79.9. The number of nitrogens with two attached hydrogens (primary N) is 6. The minimum atomic E-state index is -0.774. The molecule has 0 radical (unpaired) electrons. The number of aromatic amines is 1. The van der Waals surface area contributed by atoms with Crippen molar-refractivity contribution in [1.82, 2.24) is 39.9 Å². The normalized spacial score (nSPS) is 15.1. The third-order valence-electron chi connectivity index (χ3n) is 20.7. The van der Waals surface area contributed by atoms with Crippen molar-refractivity contribution in [2.24, 2.45) is 34.8 Å². The maximum atomic E-state index is 12.3. The Hall–Kier alpha value is -9.53. The van der Waals surface area contributed by atoms with Gasteiger partial charge in [0.1, 0.15) is 69.9 Å². The lowest BCUT2D eigenvalue weighted by Crippen LogP contribution is -2.43. The molecule has 5 saturated heterocycles. The molecular weight excluding hydrogens is 1820 g/mol. The van der Waals surface area contributed by atoms with Crippen LogP contribution in [0.5, 0.6) is 0 Å². The van der Waals surface area contributed by atoms with Gasteiger partial charge >= 0.3 is 30.3 Å². The average molecular weight is 1970 g/mol. The van der Waals surface area contributed by atoms with E-state index in [1.807, 2.05) is 96.9 Å². The molecule has 131 heavy (non-hydrogen) atoms. The Balaban J connectivity index is 0.000000533. The van der Waals surface area contributed by atoms with Crippen molar-refractivity contribution >= 4 is 165 Å². The van der Waals surface area contributed by atoms with Crippen LogP contribution in [-0.4, -0.2) is 203 Å². The Labute approximate surface area is 801 Å². The number of thiophene rings is 2. The molecule has 5 fully saturated rings. The van der Waals surface area contributed by atoms with Gasteiger partial charge in [0.25, 0.3) is 11.8 Å². The second-order valence-electron chi connectivity index (χ2n) is 36.6. The summed E-state index contributed by atoms with van der Waals surface area (Å²) >= 11 is 15.2. The number of anilines is 2. The lowest BCUT2D eigenvalue weighted by molar-refractivity contribution is -0.143. The van der Waals surface area contributed by atoms with Crippen LogP contribution in [0.2, 0.25) is 0 Å². The summed E-state index contributed by atoms with van der Waals surface area (Å²) in [7, 11) is 0. The number of carbonyl (C=O) groups excluding carboxylic acids is 10. The first-order chi connectivity index (χ1) is 60.8. The molecule has 5 aliphatic rings. The van der Waals surface area contributed by atoms with Crippen molar-refractivity contribution in [2.75, 3.05) is 82.2 Å². The molecule has 0 aromatic carbocycles. The predicted octanol–water partition coefficient (Wildman–Crippen LogP) is 17.9. The zero-order valence-electron chi connectivity index (χ0n) is 79.6. The third-order valence-corrected chi connectivity index (χ3v) is 24.0. The molecule has 730 valence electrons. The van der Waals surface area contributed by atoms with Crippen LogP contribution in [0.3, 0.4) is 0 Å². The molecule has 10 heterocycles. The summed E-state index contributed by atoms with van der Waals surface area (Å²) in [6.45, 7) is 40.8. The number of carboxylic acids is 1. The number of pyridine rings is 3. The van der Waals surface area contributed by atoms with Crippen molar-refractivity contribution in [3.8, 4) is 12.1 Å². The number of alkyl halides is 1. The second kappa shape index (κ2) is 57.1. The number of ketones is 3. The van der Waals surface area contributed by atoms with Gasteiger partial charge in [0.05, 0.1) is 52.1 Å². The number of fused-ring (bicyclic) bond motifs is 2. The predicted molar refractivity (Wildman–Crippen MR) is 528 cm³/mol. The summed E-state index contributed by atoms with van der Waals surface area (Å²) in [5, 5.41) is 31.4. The number of thiocarbonyl (C=S) groups is 1. The zero-order chi connectivity index (χ0) is 98.3. The van der Waals surface area contributed by atoms with E-state index in [0.29, 0.717) is 128 Å². The van der Waals surface area contributed by atoms with E-state index < -0.39 is 40.2 Å². The number of hydrogen-bond acceptors (Lipinski definition) is 26. The van der Waals surface area contributed by atoms with Crippen molar-refractivity contribution in [2.45, 2.75) is 313 Å². The number of amides is 7. The molecule has 0 saturated carbocycles. The fourth-order valence-electron chi connectivity index (χ4n) is 14.6. The van der Waals surface area contributed by atoms with Crippen LogP contribution in [-0.2, 0) is 62.2 Å². The topological polar surface area (TPSA) is 515 Å². The van der Waals surface area contributed by atoms with Crippen LogP contribution in [0.15, 0.2) is 18.2 Å². The monoisotopic (exact) mass is 1960 g/mol. The first-order valence-electron chi connectivity index (χ1n) is 44.9. The SMILES string of the molecule is C.CC(C)(C)OC(=O)N1CCC(C(=O)O)CC1.CCCC(=O)CC(=O)C1CCN(C(=O)OC(C)(C)C)CC1.CCCC(C)=O.CCCc1cc(C2CCN(C(=O)OC(C)(C)C)CC2)[nH]c(=S)c1C#N.CCCc1cc(C2CCN(C(=O)OC(C)(C)C)CC2)nc2sc(C(N)=O)c(N)c12.CCCc1cc(C2CCNCC2)nc2sc(C(N)=O)c(N)c12.N#CCC(N)=S.NC(=O)CBr. The minimum absolute atomic E-state index is 0. The van der Waals surface area contributed by atoms with Gasteiger partial charge < -0.3 is 93.2 Å². The number of carboxylic acid groups (broad SMARTS) is 1. The zero-order valence-corrected chi connectivity index (χ0v) is 84.4. The number of nitriles is 2. The number of halogens is 1. The second-order valence-corrected chi connectivity index (χ2v) is 40.1. The number of hydrogen-bond donors (Lipinski definition) is 9. The summed E-state index contributed by atoms with van der Waals surface area (Å²) in [6.07, 6.45) is 15.5. The van der Waals surface area contributed by atoms with Gasteiger partial charge in [-0.3, -0.25) is 28.8 Å². The van der Waals surface area contributed by atoms with Crippen LogP contribution >= 0.6 is 63.0 Å². The molecule has 5 aromatic rings. The molecule has 0 unspecified atom stereocenters. The van der Waals surface area contributed by atoms with Gasteiger partial charge in [-0.1, -0.05) is 102 Å². The molecule has 32 nitrogen and oxygen atoms in total. The standard InChI is InChI=1S/C21H30N4O3S.C19H27N3O2S.C16H22N4OS.C16H27NO4.C11H19NO4.C5H10O.C3H4N2S.C2H4BrNO.CH4/c1-5-6-13-11-14(24-19-15(13)16(22)17(29-19)18(23)26)12-7-9-25(10-8-12)20(27)28-21(2,3)4;1-5-6-14-11-16(21-17(25)15(14)12-20)13-7-9-22(10-8-13)18(23)24-19(2,3)4;1-2-3-10-8-11(9-4-6-19-7-5-9)20-16-12(10)13(17)14(22-16)15(18)21;1-5-6-13(18)11-14(19)12-7-9-17(10-8-12)15(20)21-16(2,3)4;1-11(2,3)16-10(15)12-6-4-8(5-7-12)9(13)14;1-3-4-5(2)6;4-2-1-3(5)6;3-1-2(4)5;/h11-12H,5-10,22H2,1-4H3,(H2,23,26);11,13H,5-10H2,1-4H3,(H,21,25);8-9,19H,2-7,17H2,1H3,(H2,18,21);12H,5-11H2,1-4H3;8H,4-7H2,1-3H3,(H,13,14);3-4H2,1-2H3;1H2,(H2,5,6);1H2,(H2,4,5);1H4. The van der Waals surface area contributed by atoms with Crippen LogP contribution in [0.25, 0.3) is 20.4 Å². The number of aromatic nitrogens is 3. The van der Waals surface area contributed by atoms with E-state index >= 15 is 0 Å². The number of likely N-dealkylation sites (tertiary alicyclic amines) is 4. The van der Waals surface area contributed by atoms with Crippen LogP contribution in [0, 0.1) is 39.1 Å². The number of aryl methyl sites for hydroxylation is 3. The number of nitrogen functional groups attached to an aromatic ring is 2. The van der Waals surface area contributed by atoms with Gasteiger partial charge in [0.2, 0.25) is 5.91 Å². The number of Topliss-reactive ketones (excluding diaryl/α,β-unsaturated/α-hetero) is 3. The molecule has 0 atom stereocenters. The molecule has 0 aliphatic carbocycles. The Kier molecular flexibility index (Phi) is 51.3.